The van der Waals surface area contributed by atoms with Crippen molar-refractivity contribution in [2.75, 3.05) is 0 Å². The van der Waals surface area contributed by atoms with Crippen molar-refractivity contribution < 1.29 is 0 Å². The summed E-state index contributed by atoms with van der Waals surface area (Å²) in [5.74, 6) is 1.06. The van der Waals surface area contributed by atoms with E-state index in [4.69, 9.17) is 0 Å². The summed E-state index contributed by atoms with van der Waals surface area (Å²) in [6, 6.07) is 1.56. The molecule has 0 aliphatic heterocycles. The minimum atomic E-state index is 0.594. The van der Waals surface area contributed by atoms with Crippen LogP contribution < -0.4 is 5.32 Å². The van der Waals surface area contributed by atoms with Crippen LogP contribution in [-0.2, 0) is 0 Å². The highest BCUT2D eigenvalue weighted by Crippen LogP contribution is 2.38. The summed E-state index contributed by atoms with van der Waals surface area (Å²) in [7, 11) is 0. The Labute approximate surface area is 88.7 Å². The van der Waals surface area contributed by atoms with Crippen molar-refractivity contribution in [1.29, 1.82) is 0 Å². The van der Waals surface area contributed by atoms with Gasteiger partial charge in [0, 0.05) is 12.1 Å². The van der Waals surface area contributed by atoms with Crippen LogP contribution in [0, 0.1) is 11.3 Å². The Balaban J connectivity index is 1.69. The molecule has 2 saturated carbocycles. The van der Waals surface area contributed by atoms with Gasteiger partial charge in [0.1, 0.15) is 0 Å². The molecule has 0 heterocycles. The molecule has 0 bridgehead atoms. The third-order valence-corrected chi connectivity index (χ3v) is 3.87. The van der Waals surface area contributed by atoms with E-state index in [1.807, 2.05) is 0 Å². The van der Waals surface area contributed by atoms with Gasteiger partial charge in [0.25, 0.3) is 0 Å². The zero-order valence-corrected chi connectivity index (χ0v) is 9.97. The van der Waals surface area contributed by atoms with Gasteiger partial charge in [0.2, 0.25) is 0 Å². The molecule has 14 heavy (non-hydrogen) atoms. The van der Waals surface area contributed by atoms with Gasteiger partial charge in [-0.25, -0.2) is 0 Å². The molecule has 0 aromatic rings. The smallest absolute Gasteiger partial charge is 0.00748 e. The largest absolute Gasteiger partial charge is 0.311 e. The van der Waals surface area contributed by atoms with Crippen LogP contribution in [0.15, 0.2) is 0 Å². The average Bonchev–Trinajstić information content (AvgIpc) is 2.78. The highest BCUT2D eigenvalue weighted by Gasteiger charge is 2.32. The van der Waals surface area contributed by atoms with Crippen LogP contribution in [0.1, 0.15) is 59.3 Å². The molecule has 0 aromatic carbocycles. The Hall–Kier alpha value is -0.0400. The second kappa shape index (κ2) is 3.84. The predicted molar refractivity (Wildman–Crippen MR) is 61.4 cm³/mol. The van der Waals surface area contributed by atoms with E-state index in [0.29, 0.717) is 5.41 Å². The molecule has 0 spiro atoms. The highest BCUT2D eigenvalue weighted by molar-refractivity contribution is 4.88. The predicted octanol–water partition coefficient (Wildman–Crippen LogP) is 3.34. The van der Waals surface area contributed by atoms with Gasteiger partial charge >= 0.3 is 0 Å². The van der Waals surface area contributed by atoms with E-state index in [1.54, 1.807) is 0 Å². The fourth-order valence-corrected chi connectivity index (χ4v) is 2.90. The molecule has 2 atom stereocenters. The molecule has 0 saturated heterocycles. The van der Waals surface area contributed by atoms with Crippen molar-refractivity contribution in [2.45, 2.75) is 71.4 Å². The van der Waals surface area contributed by atoms with Gasteiger partial charge in [0.15, 0.2) is 0 Å². The first-order valence-corrected chi connectivity index (χ1v) is 6.31. The number of nitrogens with one attached hydrogen (secondary N) is 1. The van der Waals surface area contributed by atoms with Crippen molar-refractivity contribution in [1.82, 2.24) is 5.32 Å². The lowest BCUT2D eigenvalue weighted by atomic mass is 9.92. The van der Waals surface area contributed by atoms with Crippen LogP contribution in [0.3, 0.4) is 0 Å². The number of hydrogen-bond acceptors (Lipinski definition) is 1. The Kier molecular flexibility index (Phi) is 2.88. The molecule has 1 N–H and O–H groups in total. The number of rotatable bonds is 4. The van der Waals surface area contributed by atoms with E-state index in [2.05, 4.69) is 26.1 Å². The molecule has 2 aliphatic rings. The van der Waals surface area contributed by atoms with Gasteiger partial charge in [-0.05, 0) is 43.9 Å². The van der Waals surface area contributed by atoms with E-state index in [9.17, 15) is 0 Å². The normalized spacial score (nSPS) is 33.2. The lowest BCUT2D eigenvalue weighted by Gasteiger charge is -2.21. The topological polar surface area (TPSA) is 12.0 Å². The van der Waals surface area contributed by atoms with Gasteiger partial charge in [0.05, 0.1) is 0 Å². The van der Waals surface area contributed by atoms with Crippen LogP contribution in [0.25, 0.3) is 0 Å². The van der Waals surface area contributed by atoms with Crippen molar-refractivity contribution in [3.05, 3.63) is 0 Å². The molecule has 2 rings (SSSR count). The first kappa shape index (κ1) is 10.5. The molecule has 82 valence electrons. The monoisotopic (exact) mass is 195 g/mol. The molecule has 2 aliphatic carbocycles. The van der Waals surface area contributed by atoms with Crippen LogP contribution >= 0.6 is 0 Å². The summed E-state index contributed by atoms with van der Waals surface area (Å²) in [6.07, 6.45) is 8.56. The van der Waals surface area contributed by atoms with E-state index in [0.717, 1.165) is 18.0 Å². The highest BCUT2D eigenvalue weighted by atomic mass is 15.0. The summed E-state index contributed by atoms with van der Waals surface area (Å²) in [5.41, 5.74) is 0.594. The van der Waals surface area contributed by atoms with Crippen LogP contribution in [0.2, 0.25) is 0 Å². The van der Waals surface area contributed by atoms with Gasteiger partial charge in [-0.15, -0.1) is 0 Å². The van der Waals surface area contributed by atoms with E-state index in [-0.39, 0.29) is 0 Å². The maximum absolute atomic E-state index is 3.81. The standard InChI is InChI=1S/C13H25N/c1-10(8-11-4-5-11)14-12-6-7-13(2,3)9-12/h10-12,14H,4-9H2,1-3H3. The quantitative estimate of drug-likeness (QED) is 0.725. The van der Waals surface area contributed by atoms with Crippen LogP contribution in [0.5, 0.6) is 0 Å². The van der Waals surface area contributed by atoms with Crippen molar-refractivity contribution in [3.63, 3.8) is 0 Å². The first-order chi connectivity index (χ1) is 6.55. The molecule has 2 unspecified atom stereocenters. The van der Waals surface area contributed by atoms with E-state index < -0.39 is 0 Å². The molecular formula is C13H25N. The van der Waals surface area contributed by atoms with Gasteiger partial charge < -0.3 is 5.32 Å². The van der Waals surface area contributed by atoms with Crippen LogP contribution in [0.4, 0.5) is 0 Å². The Bertz CT molecular complexity index is 193. The second-order valence-electron chi connectivity index (χ2n) is 6.35. The molecule has 0 radical (unpaired) electrons. The van der Waals surface area contributed by atoms with E-state index >= 15 is 0 Å². The summed E-state index contributed by atoms with van der Waals surface area (Å²) in [6.45, 7) is 7.17. The summed E-state index contributed by atoms with van der Waals surface area (Å²) in [5, 5.41) is 3.81. The minimum absolute atomic E-state index is 0.594. The van der Waals surface area contributed by atoms with Crippen LogP contribution in [-0.4, -0.2) is 12.1 Å². The Morgan fingerprint density at radius 3 is 2.50 bits per heavy atom. The minimum Gasteiger partial charge on any atom is -0.311 e. The summed E-state index contributed by atoms with van der Waals surface area (Å²) in [4.78, 5) is 0. The van der Waals surface area contributed by atoms with Crippen molar-refractivity contribution in [3.8, 4) is 0 Å². The SMILES string of the molecule is CC(CC1CC1)NC1CCC(C)(C)C1. The molecule has 0 aromatic heterocycles. The lowest BCUT2D eigenvalue weighted by molar-refractivity contribution is 0.349. The van der Waals surface area contributed by atoms with E-state index in [1.165, 1.54) is 38.5 Å². The fourth-order valence-electron chi connectivity index (χ4n) is 2.90. The maximum atomic E-state index is 3.81. The average molecular weight is 195 g/mol. The second-order valence-corrected chi connectivity index (χ2v) is 6.35. The maximum Gasteiger partial charge on any atom is 0.00748 e. The summed E-state index contributed by atoms with van der Waals surface area (Å²) >= 11 is 0. The van der Waals surface area contributed by atoms with Crippen molar-refractivity contribution in [2.24, 2.45) is 11.3 Å². The molecular weight excluding hydrogens is 170 g/mol. The molecule has 1 nitrogen and oxygen atoms in total. The fraction of sp³-hybridized carbons (Fsp3) is 1.00. The molecule has 2 fully saturated rings. The van der Waals surface area contributed by atoms with Gasteiger partial charge in [-0.1, -0.05) is 26.7 Å². The molecule has 0 amide bonds. The Morgan fingerprint density at radius 1 is 1.29 bits per heavy atom. The third-order valence-electron chi connectivity index (χ3n) is 3.87. The summed E-state index contributed by atoms with van der Waals surface area (Å²) < 4.78 is 0. The zero-order valence-electron chi connectivity index (χ0n) is 9.97. The van der Waals surface area contributed by atoms with Gasteiger partial charge in [-0.3, -0.25) is 0 Å². The number of hydrogen-bond donors (Lipinski definition) is 1. The Morgan fingerprint density at radius 2 is 2.00 bits per heavy atom. The first-order valence-electron chi connectivity index (χ1n) is 6.31. The van der Waals surface area contributed by atoms with Gasteiger partial charge in [-0.2, -0.15) is 0 Å². The third kappa shape index (κ3) is 2.98. The van der Waals surface area contributed by atoms with Crippen molar-refractivity contribution >= 4 is 0 Å². The zero-order chi connectivity index (χ0) is 10.2. The lowest BCUT2D eigenvalue weighted by Crippen LogP contribution is -2.35. The molecule has 1 heteroatoms.